The minimum Gasteiger partial charge on any atom is -0.435 e. The van der Waals surface area contributed by atoms with Gasteiger partial charge in [-0.25, -0.2) is 8.42 Å². The van der Waals surface area contributed by atoms with Crippen molar-refractivity contribution in [1.82, 2.24) is 0 Å². The molecule has 3 rings (SSSR count). The Labute approximate surface area is 156 Å². The van der Waals surface area contributed by atoms with Gasteiger partial charge in [-0.05, 0) is 30.2 Å². The zero-order valence-corrected chi connectivity index (χ0v) is 15.2. The van der Waals surface area contributed by atoms with Gasteiger partial charge < -0.3 is 10.1 Å². The van der Waals surface area contributed by atoms with Gasteiger partial charge >= 0.3 is 6.61 Å². The number of benzene rings is 2. The van der Waals surface area contributed by atoms with Crippen molar-refractivity contribution in [1.29, 1.82) is 0 Å². The zero-order valence-electron chi connectivity index (χ0n) is 14.4. The van der Waals surface area contributed by atoms with E-state index in [9.17, 15) is 22.0 Å². The van der Waals surface area contributed by atoms with Gasteiger partial charge in [-0.1, -0.05) is 30.3 Å². The highest BCUT2D eigenvalue weighted by molar-refractivity contribution is 7.91. The monoisotopic (exact) mass is 395 g/mol. The molecule has 5 nitrogen and oxygen atoms in total. The molecule has 144 valence electrons. The number of carbonyl (C=O) groups excluding carboxylic acids is 1. The van der Waals surface area contributed by atoms with Gasteiger partial charge in [0.25, 0.3) is 0 Å². The molecule has 1 amide bonds. The van der Waals surface area contributed by atoms with Crippen LogP contribution in [0.15, 0.2) is 48.5 Å². The van der Waals surface area contributed by atoms with E-state index in [-0.39, 0.29) is 29.6 Å². The Morgan fingerprint density at radius 2 is 1.93 bits per heavy atom. The lowest BCUT2D eigenvalue weighted by Crippen LogP contribution is -2.23. The standard InChI is InChI=1S/C19H19F2NO4S/c20-19(21)26-17-7-6-16(11-15(17)10-13-4-2-1-3-5-13)22-18(23)14-8-9-27(24,25)12-14/h1-7,11,14,19H,8-10,12H2,(H,22,23). The molecule has 0 aliphatic carbocycles. The molecule has 1 N–H and O–H groups in total. The summed E-state index contributed by atoms with van der Waals surface area (Å²) >= 11 is 0. The first-order chi connectivity index (χ1) is 12.8. The molecule has 2 aromatic rings. The van der Waals surface area contributed by atoms with Crippen LogP contribution in [0.1, 0.15) is 17.5 Å². The number of carbonyl (C=O) groups is 1. The molecule has 1 heterocycles. The average Bonchev–Trinajstić information content (AvgIpc) is 2.98. The fourth-order valence-electron chi connectivity index (χ4n) is 3.07. The van der Waals surface area contributed by atoms with Crippen LogP contribution >= 0.6 is 0 Å². The second kappa shape index (κ2) is 8.04. The van der Waals surface area contributed by atoms with Gasteiger partial charge in [0, 0.05) is 17.7 Å². The summed E-state index contributed by atoms with van der Waals surface area (Å²) in [5, 5.41) is 2.68. The molecule has 1 saturated heterocycles. The number of rotatable bonds is 6. The minimum absolute atomic E-state index is 0.00547. The fourth-order valence-corrected chi connectivity index (χ4v) is 4.81. The Morgan fingerprint density at radius 1 is 1.19 bits per heavy atom. The van der Waals surface area contributed by atoms with E-state index >= 15 is 0 Å². The molecule has 1 aliphatic rings. The Bertz CT molecular complexity index is 917. The summed E-state index contributed by atoms with van der Waals surface area (Å²) in [5.41, 5.74) is 1.82. The molecule has 1 fully saturated rings. The number of halogens is 2. The Hall–Kier alpha value is -2.48. The van der Waals surface area contributed by atoms with E-state index in [1.807, 2.05) is 30.3 Å². The van der Waals surface area contributed by atoms with Crippen molar-refractivity contribution in [3.8, 4) is 5.75 Å². The lowest BCUT2D eigenvalue weighted by molar-refractivity contribution is -0.119. The molecular formula is C19H19F2NO4S. The van der Waals surface area contributed by atoms with Crippen molar-refractivity contribution < 1.29 is 26.7 Å². The number of hydrogen-bond acceptors (Lipinski definition) is 4. The first-order valence-electron chi connectivity index (χ1n) is 8.45. The highest BCUT2D eigenvalue weighted by Crippen LogP contribution is 2.28. The predicted molar refractivity (Wildman–Crippen MR) is 97.7 cm³/mol. The Kier molecular flexibility index (Phi) is 5.74. The molecule has 1 atom stereocenters. The zero-order chi connectivity index (χ0) is 19.4. The molecule has 0 radical (unpaired) electrons. The summed E-state index contributed by atoms with van der Waals surface area (Å²) in [5.74, 6) is -1.10. The van der Waals surface area contributed by atoms with Crippen molar-refractivity contribution in [3.63, 3.8) is 0 Å². The first kappa shape index (κ1) is 19.3. The highest BCUT2D eigenvalue weighted by Gasteiger charge is 2.33. The summed E-state index contributed by atoms with van der Waals surface area (Å²) in [6.07, 6.45) is 0.641. The van der Waals surface area contributed by atoms with E-state index in [0.717, 1.165) is 5.56 Å². The number of nitrogens with one attached hydrogen (secondary N) is 1. The van der Waals surface area contributed by atoms with Crippen LogP contribution in [0.25, 0.3) is 0 Å². The Balaban J connectivity index is 1.79. The molecule has 0 aromatic heterocycles. The van der Waals surface area contributed by atoms with Crippen LogP contribution in [0.2, 0.25) is 0 Å². The average molecular weight is 395 g/mol. The van der Waals surface area contributed by atoms with Gasteiger partial charge in [0.15, 0.2) is 9.84 Å². The van der Waals surface area contributed by atoms with Gasteiger partial charge in [0.2, 0.25) is 5.91 Å². The SMILES string of the molecule is O=C(Nc1ccc(OC(F)F)c(Cc2ccccc2)c1)C1CCS(=O)(=O)C1. The largest absolute Gasteiger partial charge is 0.435 e. The maximum atomic E-state index is 12.7. The summed E-state index contributed by atoms with van der Waals surface area (Å²) in [7, 11) is -3.17. The second-order valence-corrected chi connectivity index (χ2v) is 8.68. The second-order valence-electron chi connectivity index (χ2n) is 6.45. The van der Waals surface area contributed by atoms with E-state index in [4.69, 9.17) is 0 Å². The maximum absolute atomic E-state index is 12.7. The van der Waals surface area contributed by atoms with E-state index < -0.39 is 22.4 Å². The number of anilines is 1. The van der Waals surface area contributed by atoms with E-state index in [2.05, 4.69) is 10.1 Å². The molecule has 1 unspecified atom stereocenters. The number of ether oxygens (including phenoxy) is 1. The number of hydrogen-bond donors (Lipinski definition) is 1. The van der Waals surface area contributed by atoms with Crippen molar-refractivity contribution in [2.45, 2.75) is 19.5 Å². The lowest BCUT2D eigenvalue weighted by atomic mass is 10.0. The summed E-state index contributed by atoms with van der Waals surface area (Å²) in [6.45, 7) is -2.95. The summed E-state index contributed by atoms with van der Waals surface area (Å²) < 4.78 is 53.0. The molecule has 1 aliphatic heterocycles. The van der Waals surface area contributed by atoms with Crippen LogP contribution in [0, 0.1) is 5.92 Å². The van der Waals surface area contributed by atoms with Gasteiger partial charge in [-0.3, -0.25) is 4.79 Å². The number of alkyl halides is 2. The molecule has 2 aromatic carbocycles. The van der Waals surface area contributed by atoms with E-state index in [0.29, 0.717) is 17.7 Å². The highest BCUT2D eigenvalue weighted by atomic mass is 32.2. The lowest BCUT2D eigenvalue weighted by Gasteiger charge is -2.14. The van der Waals surface area contributed by atoms with Crippen molar-refractivity contribution in [2.75, 3.05) is 16.8 Å². The quantitative estimate of drug-likeness (QED) is 0.815. The van der Waals surface area contributed by atoms with Crippen LogP contribution in [-0.4, -0.2) is 32.4 Å². The third kappa shape index (κ3) is 5.26. The summed E-state index contributed by atoms with van der Waals surface area (Å²) in [4.78, 5) is 12.3. The van der Waals surface area contributed by atoms with Crippen LogP contribution in [0.5, 0.6) is 5.75 Å². The number of amides is 1. The van der Waals surface area contributed by atoms with Gasteiger partial charge in [0.1, 0.15) is 5.75 Å². The fraction of sp³-hybridized carbons (Fsp3) is 0.316. The van der Waals surface area contributed by atoms with Gasteiger partial charge in [0.05, 0.1) is 17.4 Å². The van der Waals surface area contributed by atoms with E-state index in [1.54, 1.807) is 6.07 Å². The normalized spacial score (nSPS) is 18.4. The van der Waals surface area contributed by atoms with Crippen LogP contribution < -0.4 is 10.1 Å². The number of sulfone groups is 1. The maximum Gasteiger partial charge on any atom is 0.387 e. The van der Waals surface area contributed by atoms with Gasteiger partial charge in [-0.15, -0.1) is 0 Å². The Morgan fingerprint density at radius 3 is 2.56 bits per heavy atom. The van der Waals surface area contributed by atoms with Crippen LogP contribution in [0.3, 0.4) is 0 Å². The van der Waals surface area contributed by atoms with Crippen LogP contribution in [0.4, 0.5) is 14.5 Å². The molecular weight excluding hydrogens is 376 g/mol. The van der Waals surface area contributed by atoms with Crippen molar-refractivity contribution >= 4 is 21.4 Å². The predicted octanol–water partition coefficient (Wildman–Crippen LogP) is 3.25. The molecule has 27 heavy (non-hydrogen) atoms. The third-order valence-electron chi connectivity index (χ3n) is 4.38. The molecule has 0 spiro atoms. The first-order valence-corrected chi connectivity index (χ1v) is 10.3. The van der Waals surface area contributed by atoms with Gasteiger partial charge in [-0.2, -0.15) is 8.78 Å². The van der Waals surface area contributed by atoms with Crippen molar-refractivity contribution in [2.24, 2.45) is 5.92 Å². The third-order valence-corrected chi connectivity index (χ3v) is 6.15. The summed E-state index contributed by atoms with van der Waals surface area (Å²) in [6, 6.07) is 13.7. The topological polar surface area (TPSA) is 72.5 Å². The van der Waals surface area contributed by atoms with Crippen LogP contribution in [-0.2, 0) is 21.1 Å². The smallest absolute Gasteiger partial charge is 0.387 e. The van der Waals surface area contributed by atoms with E-state index in [1.165, 1.54) is 12.1 Å². The van der Waals surface area contributed by atoms with Crippen molar-refractivity contribution in [3.05, 3.63) is 59.7 Å². The minimum atomic E-state index is -3.17. The molecule has 0 saturated carbocycles. The molecule has 8 heteroatoms. The molecule has 0 bridgehead atoms.